The molecule has 174 valence electrons. The molecule has 0 bridgehead atoms. The third kappa shape index (κ3) is 5.10. The van der Waals surface area contributed by atoms with Crippen LogP contribution < -0.4 is 0 Å². The molecular formula is C24H48B2O4. The Hall–Kier alpha value is -0.930. The normalized spacial score (nSPS) is 19.2. The fourth-order valence-electron chi connectivity index (χ4n) is 5.10. The van der Waals surface area contributed by atoms with Crippen molar-refractivity contribution >= 4 is 27.6 Å². The minimum atomic E-state index is -0.829. The lowest BCUT2D eigenvalue weighted by Gasteiger charge is -2.62. The molecule has 0 aliphatic rings. The second-order valence-electron chi connectivity index (χ2n) is 12.7. The van der Waals surface area contributed by atoms with Crippen molar-refractivity contribution in [2.75, 3.05) is 13.7 Å². The molecule has 4 nitrogen and oxygen atoms in total. The van der Waals surface area contributed by atoms with Crippen molar-refractivity contribution in [3.8, 4) is 0 Å². The number of carbonyl (C=O) groups excluding carboxylic acids is 2. The summed E-state index contributed by atoms with van der Waals surface area (Å²) < 4.78 is 11.1. The van der Waals surface area contributed by atoms with Gasteiger partial charge in [-0.2, -0.15) is 0 Å². The van der Waals surface area contributed by atoms with Crippen molar-refractivity contribution < 1.29 is 19.1 Å². The van der Waals surface area contributed by atoms with Crippen LogP contribution in [-0.2, 0) is 19.1 Å². The Bertz CT molecular complexity index is 614. The van der Waals surface area contributed by atoms with Gasteiger partial charge in [0, 0.05) is 0 Å². The first-order valence-electron chi connectivity index (χ1n) is 11.4. The van der Waals surface area contributed by atoms with E-state index in [1.165, 1.54) is 7.11 Å². The lowest BCUT2D eigenvalue weighted by atomic mass is 9.32. The van der Waals surface area contributed by atoms with Gasteiger partial charge >= 0.3 is 11.9 Å². The summed E-state index contributed by atoms with van der Waals surface area (Å²) in [4.78, 5) is 26.8. The predicted octanol–water partition coefficient (Wildman–Crippen LogP) is 4.62. The van der Waals surface area contributed by atoms with Crippen LogP contribution in [0.25, 0.3) is 0 Å². The van der Waals surface area contributed by atoms with Crippen LogP contribution in [0.5, 0.6) is 0 Å². The van der Waals surface area contributed by atoms with Crippen molar-refractivity contribution in [3.05, 3.63) is 0 Å². The van der Waals surface area contributed by atoms with Gasteiger partial charge in [0.15, 0.2) is 0 Å². The van der Waals surface area contributed by atoms with Gasteiger partial charge in [0.25, 0.3) is 0 Å². The Morgan fingerprint density at radius 2 is 1.30 bits per heavy atom. The van der Waals surface area contributed by atoms with Crippen LogP contribution in [-0.4, -0.2) is 41.3 Å². The van der Waals surface area contributed by atoms with Crippen molar-refractivity contribution in [1.29, 1.82) is 0 Å². The van der Waals surface area contributed by atoms with Gasteiger partial charge in [-0.3, -0.25) is 9.59 Å². The molecular weight excluding hydrogens is 374 g/mol. The number of hydrogen-bond acceptors (Lipinski definition) is 4. The van der Waals surface area contributed by atoms with Gasteiger partial charge in [0.2, 0.25) is 0 Å². The number of rotatable bonds is 10. The van der Waals surface area contributed by atoms with Crippen LogP contribution in [0.1, 0.15) is 95.4 Å². The minimum Gasteiger partial charge on any atom is -0.469 e. The maximum atomic E-state index is 13.6. The van der Waals surface area contributed by atoms with Gasteiger partial charge in [-0.05, 0) is 48.1 Å². The zero-order valence-corrected chi connectivity index (χ0v) is 22.5. The second-order valence-corrected chi connectivity index (χ2v) is 12.7. The minimum absolute atomic E-state index is 0.0872. The first kappa shape index (κ1) is 29.1. The molecule has 0 saturated carbocycles. The zero-order chi connectivity index (χ0) is 24.4. The second kappa shape index (κ2) is 9.28. The van der Waals surface area contributed by atoms with Crippen LogP contribution in [0.3, 0.4) is 0 Å². The smallest absolute Gasteiger partial charge is 0.312 e. The number of esters is 2. The molecule has 0 radical (unpaired) electrons. The number of methoxy groups -OCH3 is 1. The molecule has 0 N–H and O–H groups in total. The van der Waals surface area contributed by atoms with E-state index < -0.39 is 21.6 Å². The molecule has 0 aromatic rings. The Kier molecular flexibility index (Phi) is 9.00. The Labute approximate surface area is 188 Å². The Morgan fingerprint density at radius 1 is 0.833 bits per heavy atom. The standard InChI is InChI=1S/C24H48B2O4/c1-13-14-15-30-18(28)23(10,21(7,8)25)20(5,6)24(11,26)22(9,17(27)29-12)16-19(2,3)4/h13-16,25-26H2,1-12H3. The van der Waals surface area contributed by atoms with Crippen molar-refractivity contribution in [2.24, 2.45) is 21.7 Å². The van der Waals surface area contributed by atoms with Crippen LogP contribution in [0.2, 0.25) is 10.6 Å². The van der Waals surface area contributed by atoms with Gasteiger partial charge in [-0.1, -0.05) is 68.7 Å². The lowest BCUT2D eigenvalue weighted by molar-refractivity contribution is -0.178. The number of carbonyl (C=O) groups is 2. The highest BCUT2D eigenvalue weighted by Gasteiger charge is 2.66. The molecule has 0 aliphatic heterocycles. The topological polar surface area (TPSA) is 52.6 Å². The van der Waals surface area contributed by atoms with Gasteiger partial charge in [0.1, 0.15) is 15.7 Å². The summed E-state index contributed by atoms with van der Waals surface area (Å²) in [6.45, 7) is 23.4. The van der Waals surface area contributed by atoms with Gasteiger partial charge < -0.3 is 9.47 Å². The molecule has 0 rings (SSSR count). The summed E-state index contributed by atoms with van der Waals surface area (Å²) in [7, 11) is 5.65. The molecule has 0 fully saturated rings. The summed E-state index contributed by atoms with van der Waals surface area (Å²) in [5, 5.41) is -0.956. The van der Waals surface area contributed by atoms with E-state index in [0.717, 1.165) is 12.8 Å². The van der Waals surface area contributed by atoms with Crippen LogP contribution in [0.15, 0.2) is 0 Å². The molecule has 0 spiro atoms. The monoisotopic (exact) mass is 422 g/mol. The lowest BCUT2D eigenvalue weighted by Crippen LogP contribution is -2.60. The molecule has 6 heteroatoms. The van der Waals surface area contributed by atoms with Crippen molar-refractivity contribution in [1.82, 2.24) is 0 Å². The maximum Gasteiger partial charge on any atom is 0.312 e. The van der Waals surface area contributed by atoms with Crippen LogP contribution >= 0.6 is 0 Å². The van der Waals surface area contributed by atoms with E-state index in [-0.39, 0.29) is 22.7 Å². The summed E-state index contributed by atoms with van der Waals surface area (Å²) in [5.74, 6) is -0.421. The quantitative estimate of drug-likeness (QED) is 0.293. The zero-order valence-electron chi connectivity index (χ0n) is 22.5. The first-order chi connectivity index (χ1) is 13.2. The predicted molar refractivity (Wildman–Crippen MR) is 131 cm³/mol. The van der Waals surface area contributed by atoms with Gasteiger partial charge in [-0.15, -0.1) is 0 Å². The Balaban J connectivity index is 6.73. The molecule has 0 saturated heterocycles. The fourth-order valence-corrected chi connectivity index (χ4v) is 5.10. The van der Waals surface area contributed by atoms with Crippen molar-refractivity contribution in [3.63, 3.8) is 0 Å². The molecule has 0 heterocycles. The average molecular weight is 422 g/mol. The van der Waals surface area contributed by atoms with Crippen LogP contribution in [0.4, 0.5) is 0 Å². The maximum absolute atomic E-state index is 13.6. The highest BCUT2D eigenvalue weighted by molar-refractivity contribution is 6.20. The summed E-state index contributed by atoms with van der Waals surface area (Å²) in [6.07, 6.45) is 2.47. The molecule has 30 heavy (non-hydrogen) atoms. The van der Waals surface area contributed by atoms with Crippen molar-refractivity contribution in [2.45, 2.75) is 106 Å². The molecule has 3 atom stereocenters. The van der Waals surface area contributed by atoms with Gasteiger partial charge in [0.05, 0.1) is 24.5 Å². The van der Waals surface area contributed by atoms with E-state index in [2.05, 4.69) is 78.0 Å². The van der Waals surface area contributed by atoms with E-state index in [4.69, 9.17) is 9.47 Å². The third-order valence-electron chi connectivity index (χ3n) is 8.35. The fraction of sp³-hybridized carbons (Fsp3) is 0.917. The summed E-state index contributed by atoms with van der Waals surface area (Å²) in [6, 6.07) is 0. The molecule has 3 unspecified atom stereocenters. The average Bonchev–Trinajstić information content (AvgIpc) is 2.57. The third-order valence-corrected chi connectivity index (χ3v) is 8.35. The highest BCUT2D eigenvalue weighted by Crippen LogP contribution is 2.70. The SMILES string of the molecule is BC(C)(C)C(C)(C(=O)OCCCC)C(C)(C)C(B)(C)C(C)(CC(C)(C)C)C(=O)OC. The van der Waals surface area contributed by atoms with E-state index in [1.807, 2.05) is 13.8 Å². The molecule has 0 amide bonds. The number of hydrogen-bond donors (Lipinski definition) is 0. The Morgan fingerprint density at radius 3 is 1.63 bits per heavy atom. The highest BCUT2D eigenvalue weighted by atomic mass is 16.5. The van der Waals surface area contributed by atoms with Crippen LogP contribution in [0, 0.1) is 21.7 Å². The summed E-state index contributed by atoms with van der Waals surface area (Å²) in [5.41, 5.74) is -2.30. The number of ether oxygens (including phenoxy) is 2. The molecule has 0 aromatic carbocycles. The van der Waals surface area contributed by atoms with E-state index >= 15 is 0 Å². The van der Waals surface area contributed by atoms with E-state index in [0.29, 0.717) is 13.0 Å². The van der Waals surface area contributed by atoms with Gasteiger partial charge in [-0.25, -0.2) is 0 Å². The largest absolute Gasteiger partial charge is 0.469 e. The number of unbranched alkanes of at least 4 members (excludes halogenated alkanes) is 1. The summed E-state index contributed by atoms with van der Waals surface area (Å²) >= 11 is 0. The molecule has 0 aliphatic carbocycles. The van der Waals surface area contributed by atoms with E-state index in [1.54, 1.807) is 0 Å². The first-order valence-corrected chi connectivity index (χ1v) is 11.4. The van der Waals surface area contributed by atoms with E-state index in [9.17, 15) is 9.59 Å². The molecule has 0 aromatic heterocycles.